The minimum Gasteiger partial charge on any atom is -0.497 e. The lowest BCUT2D eigenvalue weighted by Gasteiger charge is -2.11. The van der Waals surface area contributed by atoms with Crippen LogP contribution < -0.4 is 10.5 Å². The van der Waals surface area contributed by atoms with Crippen LogP contribution in [0.15, 0.2) is 42.6 Å². The Bertz CT molecular complexity index is 923. The number of fused-ring (bicyclic) bond motifs is 1. The number of carbonyl (C=O) groups excluding carboxylic acids is 1. The Kier molecular flexibility index (Phi) is 4.92. The molecule has 7 heteroatoms. The third-order valence-electron chi connectivity index (χ3n) is 3.94. The van der Waals surface area contributed by atoms with E-state index in [4.69, 9.17) is 26.8 Å². The Balaban J connectivity index is 2.16. The zero-order valence-electron chi connectivity index (χ0n) is 13.9. The monoisotopic (exact) mass is 359 g/mol. The van der Waals surface area contributed by atoms with E-state index in [2.05, 4.69) is 4.98 Å². The fourth-order valence-electron chi connectivity index (χ4n) is 2.71. The summed E-state index contributed by atoms with van der Waals surface area (Å²) in [4.78, 5) is 16.4. The van der Waals surface area contributed by atoms with Crippen LogP contribution in [0, 0.1) is 0 Å². The molecule has 3 aromatic rings. The first-order valence-electron chi connectivity index (χ1n) is 7.68. The highest BCUT2D eigenvalue weighted by Gasteiger charge is 2.21. The van der Waals surface area contributed by atoms with Crippen LogP contribution in [0.3, 0.4) is 0 Å². The molecule has 0 amide bonds. The van der Waals surface area contributed by atoms with Crippen LogP contribution >= 0.6 is 11.6 Å². The topological polar surface area (TPSA) is 78.8 Å². The highest BCUT2D eigenvalue weighted by molar-refractivity contribution is 6.30. The lowest BCUT2D eigenvalue weighted by atomic mass is 10.1. The van der Waals surface area contributed by atoms with Gasteiger partial charge in [-0.3, -0.25) is 4.79 Å². The van der Waals surface area contributed by atoms with Crippen LogP contribution in [0.1, 0.15) is 5.69 Å². The first-order chi connectivity index (χ1) is 12.0. The van der Waals surface area contributed by atoms with Crippen LogP contribution in [0.25, 0.3) is 16.9 Å². The van der Waals surface area contributed by atoms with Crippen molar-refractivity contribution in [3.63, 3.8) is 0 Å². The smallest absolute Gasteiger partial charge is 0.323 e. The van der Waals surface area contributed by atoms with Gasteiger partial charge in [-0.1, -0.05) is 23.7 Å². The van der Waals surface area contributed by atoms with Gasteiger partial charge in [0.2, 0.25) is 0 Å². The van der Waals surface area contributed by atoms with E-state index in [0.29, 0.717) is 10.7 Å². The van der Waals surface area contributed by atoms with Crippen molar-refractivity contribution in [2.24, 2.45) is 5.73 Å². The van der Waals surface area contributed by atoms with Crippen LogP contribution in [0.5, 0.6) is 5.75 Å². The summed E-state index contributed by atoms with van der Waals surface area (Å²) >= 11 is 6.13. The summed E-state index contributed by atoms with van der Waals surface area (Å²) in [6.45, 7) is 0. The molecule has 1 unspecified atom stereocenters. The SMILES string of the molecule is COC(=O)C(N)Cc1c(-c2cccc(OC)c2)nc2ccc(Cl)cn12. The summed E-state index contributed by atoms with van der Waals surface area (Å²) in [5, 5.41) is 0.565. The largest absolute Gasteiger partial charge is 0.497 e. The first-order valence-corrected chi connectivity index (χ1v) is 8.05. The molecule has 0 aliphatic rings. The zero-order chi connectivity index (χ0) is 18.0. The van der Waals surface area contributed by atoms with Crippen molar-refractivity contribution in [1.29, 1.82) is 0 Å². The van der Waals surface area contributed by atoms with Crippen molar-refractivity contribution in [3.8, 4) is 17.0 Å². The molecular weight excluding hydrogens is 342 g/mol. The van der Waals surface area contributed by atoms with E-state index in [0.717, 1.165) is 22.7 Å². The van der Waals surface area contributed by atoms with Crippen molar-refractivity contribution < 1.29 is 14.3 Å². The molecule has 2 aromatic heterocycles. The number of aromatic nitrogens is 2. The highest BCUT2D eigenvalue weighted by atomic mass is 35.5. The van der Waals surface area contributed by atoms with Gasteiger partial charge in [-0.25, -0.2) is 4.98 Å². The number of ether oxygens (including phenoxy) is 2. The quantitative estimate of drug-likeness (QED) is 0.708. The molecule has 0 fully saturated rings. The average Bonchev–Trinajstić information content (AvgIpc) is 2.98. The van der Waals surface area contributed by atoms with Crippen LogP contribution in [-0.4, -0.2) is 35.6 Å². The number of nitrogens with zero attached hydrogens (tertiary/aromatic N) is 2. The van der Waals surface area contributed by atoms with E-state index in [-0.39, 0.29) is 6.42 Å². The molecular formula is C18H18ClN3O3. The third kappa shape index (κ3) is 3.45. The molecule has 25 heavy (non-hydrogen) atoms. The Hall–Kier alpha value is -2.57. The van der Waals surface area contributed by atoms with Gasteiger partial charge in [0, 0.05) is 18.2 Å². The van der Waals surface area contributed by atoms with Crippen LogP contribution in [0.2, 0.25) is 5.02 Å². The van der Waals surface area contributed by atoms with Gasteiger partial charge in [-0.05, 0) is 24.3 Å². The second-order valence-electron chi connectivity index (χ2n) is 5.55. The fourth-order valence-corrected chi connectivity index (χ4v) is 2.87. The van der Waals surface area contributed by atoms with E-state index < -0.39 is 12.0 Å². The molecule has 0 bridgehead atoms. The minimum absolute atomic E-state index is 0.265. The van der Waals surface area contributed by atoms with Gasteiger partial charge in [0.25, 0.3) is 0 Å². The lowest BCUT2D eigenvalue weighted by molar-refractivity contribution is -0.142. The molecule has 1 aromatic carbocycles. The Morgan fingerprint density at radius 1 is 1.32 bits per heavy atom. The van der Waals surface area contributed by atoms with Crippen LogP contribution in [0.4, 0.5) is 0 Å². The molecule has 2 N–H and O–H groups in total. The van der Waals surface area contributed by atoms with Crippen molar-refractivity contribution in [2.75, 3.05) is 14.2 Å². The van der Waals surface area contributed by atoms with Crippen molar-refractivity contribution in [2.45, 2.75) is 12.5 Å². The molecule has 0 spiro atoms. The number of rotatable bonds is 5. The van der Waals surface area contributed by atoms with Gasteiger partial charge < -0.3 is 19.6 Å². The van der Waals surface area contributed by atoms with Crippen molar-refractivity contribution in [1.82, 2.24) is 9.38 Å². The molecule has 0 radical (unpaired) electrons. The fraction of sp³-hybridized carbons (Fsp3) is 0.222. The standard InChI is InChI=1S/C18H18ClN3O3/c1-24-13-5-3-4-11(8-13)17-15(9-14(20)18(23)25-2)22-10-12(19)6-7-16(22)21-17/h3-8,10,14H,9,20H2,1-2H3. The number of benzene rings is 1. The Morgan fingerprint density at radius 3 is 2.84 bits per heavy atom. The number of halogens is 1. The normalized spacial score (nSPS) is 12.2. The summed E-state index contributed by atoms with van der Waals surface area (Å²) in [6.07, 6.45) is 2.02. The molecule has 3 rings (SSSR count). The number of methoxy groups -OCH3 is 2. The summed E-state index contributed by atoms with van der Waals surface area (Å²) in [7, 11) is 2.92. The maximum absolute atomic E-state index is 11.8. The number of imidazole rings is 1. The second-order valence-corrected chi connectivity index (χ2v) is 5.98. The van der Waals surface area contributed by atoms with Gasteiger partial charge in [0.05, 0.1) is 30.6 Å². The molecule has 0 aliphatic heterocycles. The van der Waals surface area contributed by atoms with Crippen molar-refractivity contribution in [3.05, 3.63) is 53.3 Å². The summed E-state index contributed by atoms with van der Waals surface area (Å²) in [5.74, 6) is 0.240. The van der Waals surface area contributed by atoms with E-state index in [1.807, 2.05) is 34.7 Å². The molecule has 1 atom stereocenters. The molecule has 130 valence electrons. The summed E-state index contributed by atoms with van der Waals surface area (Å²) in [5.41, 5.74) is 9.07. The van der Waals surface area contributed by atoms with Crippen molar-refractivity contribution >= 4 is 23.2 Å². The Labute approximate surface area is 150 Å². The zero-order valence-corrected chi connectivity index (χ0v) is 14.7. The number of esters is 1. The maximum atomic E-state index is 11.8. The maximum Gasteiger partial charge on any atom is 0.323 e. The van der Waals surface area contributed by atoms with Gasteiger partial charge in [-0.2, -0.15) is 0 Å². The first kappa shape index (κ1) is 17.3. The predicted molar refractivity (Wildman–Crippen MR) is 95.9 cm³/mol. The van der Waals surface area contributed by atoms with Crippen LogP contribution in [-0.2, 0) is 16.0 Å². The van der Waals surface area contributed by atoms with Gasteiger partial charge >= 0.3 is 5.97 Å². The van der Waals surface area contributed by atoms with Gasteiger partial charge in [-0.15, -0.1) is 0 Å². The second kappa shape index (κ2) is 7.13. The third-order valence-corrected chi connectivity index (χ3v) is 4.17. The van der Waals surface area contributed by atoms with Gasteiger partial charge in [0.1, 0.15) is 17.4 Å². The van der Waals surface area contributed by atoms with E-state index >= 15 is 0 Å². The summed E-state index contributed by atoms with van der Waals surface area (Å²) < 4.78 is 11.9. The number of hydrogen-bond acceptors (Lipinski definition) is 5. The Morgan fingerprint density at radius 2 is 2.12 bits per heavy atom. The lowest BCUT2D eigenvalue weighted by Crippen LogP contribution is -2.34. The van der Waals surface area contributed by atoms with E-state index in [1.165, 1.54) is 7.11 Å². The van der Waals surface area contributed by atoms with E-state index in [9.17, 15) is 4.79 Å². The minimum atomic E-state index is -0.798. The highest BCUT2D eigenvalue weighted by Crippen LogP contribution is 2.29. The molecule has 6 nitrogen and oxygen atoms in total. The van der Waals surface area contributed by atoms with E-state index in [1.54, 1.807) is 19.4 Å². The number of nitrogens with two attached hydrogens (primary N) is 1. The molecule has 0 saturated carbocycles. The molecule has 2 heterocycles. The predicted octanol–water partition coefficient (Wildman–Crippen LogP) is 2.71. The number of hydrogen-bond donors (Lipinski definition) is 1. The van der Waals surface area contributed by atoms with Gasteiger partial charge in [0.15, 0.2) is 0 Å². The number of pyridine rings is 1. The molecule has 0 aliphatic carbocycles. The molecule has 0 saturated heterocycles. The summed E-state index contributed by atoms with van der Waals surface area (Å²) in [6, 6.07) is 10.3. The number of carbonyl (C=O) groups is 1. The average molecular weight is 360 g/mol.